The second kappa shape index (κ2) is 17.7. The van der Waals surface area contributed by atoms with Crippen molar-refractivity contribution < 1.29 is 28.7 Å². The third kappa shape index (κ3) is 12.0. The third-order valence-electron chi connectivity index (χ3n) is 5.48. The zero-order valence-corrected chi connectivity index (χ0v) is 22.2. The summed E-state index contributed by atoms with van der Waals surface area (Å²) in [7, 11) is 0. The van der Waals surface area contributed by atoms with Crippen molar-refractivity contribution in [2.24, 2.45) is 0 Å². The monoisotopic (exact) mass is 526 g/mol. The van der Waals surface area contributed by atoms with Crippen molar-refractivity contribution in [3.8, 4) is 0 Å². The Balaban J connectivity index is 2.07. The molecule has 0 saturated carbocycles. The van der Waals surface area contributed by atoms with E-state index in [4.69, 9.17) is 9.47 Å². The molecular weight excluding hydrogens is 488 g/mol. The SMILES string of the molecule is CCOC(=O)CNCC(=O)N(CCN(Cc1ccccc1)C(=O)CNCC(=O)OCC)Cc1ccccc1. The molecule has 2 aromatic carbocycles. The largest absolute Gasteiger partial charge is 0.465 e. The van der Waals surface area contributed by atoms with Crippen LogP contribution in [0.2, 0.25) is 0 Å². The van der Waals surface area contributed by atoms with Gasteiger partial charge in [0.05, 0.1) is 39.4 Å². The summed E-state index contributed by atoms with van der Waals surface area (Å²) in [5, 5.41) is 5.67. The van der Waals surface area contributed by atoms with Gasteiger partial charge in [-0.3, -0.25) is 29.8 Å². The van der Waals surface area contributed by atoms with Gasteiger partial charge < -0.3 is 19.3 Å². The zero-order chi connectivity index (χ0) is 27.6. The first-order chi connectivity index (χ1) is 18.4. The summed E-state index contributed by atoms with van der Waals surface area (Å²) in [4.78, 5) is 52.7. The Hall–Kier alpha value is -3.76. The van der Waals surface area contributed by atoms with Crippen LogP contribution in [0.3, 0.4) is 0 Å². The van der Waals surface area contributed by atoms with E-state index in [1.165, 1.54) is 0 Å². The molecule has 38 heavy (non-hydrogen) atoms. The van der Waals surface area contributed by atoms with Crippen LogP contribution in [-0.4, -0.2) is 86.0 Å². The van der Waals surface area contributed by atoms with Crippen molar-refractivity contribution in [1.29, 1.82) is 0 Å². The molecule has 0 aliphatic rings. The van der Waals surface area contributed by atoms with Crippen LogP contribution < -0.4 is 10.6 Å². The Morgan fingerprint density at radius 1 is 0.605 bits per heavy atom. The van der Waals surface area contributed by atoms with Crippen LogP contribution in [0.15, 0.2) is 60.7 Å². The maximum Gasteiger partial charge on any atom is 0.319 e. The number of carbonyl (C=O) groups excluding carboxylic acids is 4. The van der Waals surface area contributed by atoms with E-state index in [1.807, 2.05) is 60.7 Å². The minimum atomic E-state index is -0.426. The molecule has 0 aromatic heterocycles. The highest BCUT2D eigenvalue weighted by molar-refractivity contribution is 5.81. The first-order valence-electron chi connectivity index (χ1n) is 12.8. The normalized spacial score (nSPS) is 10.5. The fraction of sp³-hybridized carbons (Fsp3) is 0.429. The van der Waals surface area contributed by atoms with Crippen LogP contribution in [0.4, 0.5) is 0 Å². The molecule has 0 heterocycles. The molecule has 2 rings (SSSR count). The molecule has 10 heteroatoms. The van der Waals surface area contributed by atoms with Gasteiger partial charge in [-0.1, -0.05) is 60.7 Å². The number of nitrogens with zero attached hydrogens (tertiary/aromatic N) is 2. The van der Waals surface area contributed by atoms with Crippen LogP contribution in [0.5, 0.6) is 0 Å². The number of hydrogen-bond acceptors (Lipinski definition) is 8. The van der Waals surface area contributed by atoms with E-state index in [-0.39, 0.29) is 64.3 Å². The van der Waals surface area contributed by atoms with Crippen molar-refractivity contribution in [1.82, 2.24) is 20.4 Å². The predicted octanol–water partition coefficient (Wildman–Crippen LogP) is 1.35. The number of benzene rings is 2. The quantitative estimate of drug-likeness (QED) is 0.297. The van der Waals surface area contributed by atoms with Crippen LogP contribution in [0.1, 0.15) is 25.0 Å². The Labute approximate surface area is 224 Å². The minimum Gasteiger partial charge on any atom is -0.465 e. The van der Waals surface area contributed by atoms with Gasteiger partial charge in [0.25, 0.3) is 0 Å². The summed E-state index contributed by atoms with van der Waals surface area (Å²) in [6.45, 7) is 5.05. The fourth-order valence-corrected chi connectivity index (χ4v) is 3.62. The van der Waals surface area contributed by atoms with Gasteiger partial charge in [-0.25, -0.2) is 0 Å². The molecule has 0 aliphatic carbocycles. The Kier molecular flexibility index (Phi) is 14.2. The van der Waals surface area contributed by atoms with Crippen LogP contribution in [0, 0.1) is 0 Å². The van der Waals surface area contributed by atoms with E-state index < -0.39 is 11.9 Å². The molecule has 0 bridgehead atoms. The van der Waals surface area contributed by atoms with E-state index in [0.29, 0.717) is 13.1 Å². The van der Waals surface area contributed by atoms with E-state index in [2.05, 4.69) is 10.6 Å². The summed E-state index contributed by atoms with van der Waals surface area (Å²) in [6.07, 6.45) is 0. The van der Waals surface area contributed by atoms with Crippen LogP contribution in [0.25, 0.3) is 0 Å². The predicted molar refractivity (Wildman–Crippen MR) is 143 cm³/mol. The Bertz CT molecular complexity index is 921. The van der Waals surface area contributed by atoms with Crippen molar-refractivity contribution in [3.63, 3.8) is 0 Å². The number of ether oxygens (including phenoxy) is 2. The van der Waals surface area contributed by atoms with Gasteiger partial charge in [0, 0.05) is 26.2 Å². The standard InChI is InChI=1S/C28H38N4O6/c1-3-37-27(35)19-29-17-25(33)31(21-23-11-7-5-8-12-23)15-16-32(22-24-13-9-6-10-14-24)26(34)18-30-20-28(36)38-4-2/h5-14,29-30H,3-4,15-22H2,1-2H3. The van der Waals surface area contributed by atoms with Crippen molar-refractivity contribution in [2.75, 3.05) is 52.5 Å². The maximum absolute atomic E-state index is 13.1. The fourth-order valence-electron chi connectivity index (χ4n) is 3.62. The number of esters is 2. The lowest BCUT2D eigenvalue weighted by Crippen LogP contribution is -2.46. The second-order valence-corrected chi connectivity index (χ2v) is 8.42. The highest BCUT2D eigenvalue weighted by Crippen LogP contribution is 2.08. The van der Waals surface area contributed by atoms with Gasteiger partial charge in [0.1, 0.15) is 0 Å². The van der Waals surface area contributed by atoms with Crippen molar-refractivity contribution in [3.05, 3.63) is 71.8 Å². The highest BCUT2D eigenvalue weighted by atomic mass is 16.5. The molecule has 2 aromatic rings. The molecular formula is C28H38N4O6. The summed E-state index contributed by atoms with van der Waals surface area (Å²) in [5.74, 6) is -1.26. The van der Waals surface area contributed by atoms with Gasteiger partial charge >= 0.3 is 11.9 Å². The lowest BCUT2D eigenvalue weighted by Gasteiger charge is -2.28. The van der Waals surface area contributed by atoms with E-state index in [1.54, 1.807) is 23.6 Å². The highest BCUT2D eigenvalue weighted by Gasteiger charge is 2.19. The topological polar surface area (TPSA) is 117 Å². The zero-order valence-electron chi connectivity index (χ0n) is 22.2. The first kappa shape index (κ1) is 30.5. The van der Waals surface area contributed by atoms with Crippen molar-refractivity contribution in [2.45, 2.75) is 26.9 Å². The molecule has 10 nitrogen and oxygen atoms in total. The van der Waals surface area contributed by atoms with E-state index >= 15 is 0 Å². The Morgan fingerprint density at radius 2 is 0.974 bits per heavy atom. The van der Waals surface area contributed by atoms with Gasteiger partial charge in [0.15, 0.2) is 0 Å². The summed E-state index contributed by atoms with van der Waals surface area (Å²) >= 11 is 0. The average molecular weight is 527 g/mol. The molecule has 0 unspecified atom stereocenters. The smallest absolute Gasteiger partial charge is 0.319 e. The summed E-state index contributed by atoms with van der Waals surface area (Å²) in [5.41, 5.74) is 1.89. The number of rotatable bonds is 17. The number of carbonyl (C=O) groups is 4. The summed E-state index contributed by atoms with van der Waals surface area (Å²) in [6, 6.07) is 19.1. The Morgan fingerprint density at radius 3 is 1.32 bits per heavy atom. The van der Waals surface area contributed by atoms with E-state index in [9.17, 15) is 19.2 Å². The second-order valence-electron chi connectivity index (χ2n) is 8.42. The molecule has 0 aliphatic heterocycles. The lowest BCUT2D eigenvalue weighted by atomic mass is 10.2. The molecule has 0 atom stereocenters. The van der Waals surface area contributed by atoms with Crippen LogP contribution >= 0.6 is 0 Å². The molecule has 2 amide bonds. The van der Waals surface area contributed by atoms with Crippen LogP contribution in [-0.2, 0) is 41.7 Å². The average Bonchev–Trinajstić information content (AvgIpc) is 2.91. The third-order valence-corrected chi connectivity index (χ3v) is 5.48. The van der Waals surface area contributed by atoms with E-state index in [0.717, 1.165) is 11.1 Å². The lowest BCUT2D eigenvalue weighted by molar-refractivity contribution is -0.143. The first-order valence-corrected chi connectivity index (χ1v) is 12.8. The summed E-state index contributed by atoms with van der Waals surface area (Å²) < 4.78 is 9.79. The van der Waals surface area contributed by atoms with Gasteiger partial charge in [-0.2, -0.15) is 0 Å². The maximum atomic E-state index is 13.1. The number of hydrogen-bond donors (Lipinski definition) is 2. The molecule has 0 saturated heterocycles. The van der Waals surface area contributed by atoms with Gasteiger partial charge in [0.2, 0.25) is 11.8 Å². The molecule has 0 fully saturated rings. The van der Waals surface area contributed by atoms with Crippen molar-refractivity contribution >= 4 is 23.8 Å². The number of amides is 2. The number of nitrogens with one attached hydrogen (secondary N) is 2. The molecule has 0 spiro atoms. The molecule has 206 valence electrons. The van der Waals surface area contributed by atoms with Gasteiger partial charge in [-0.05, 0) is 25.0 Å². The van der Waals surface area contributed by atoms with Gasteiger partial charge in [-0.15, -0.1) is 0 Å². The minimum absolute atomic E-state index is 0.0423. The molecule has 2 N–H and O–H groups in total. The molecule has 0 radical (unpaired) electrons.